The van der Waals surface area contributed by atoms with Gasteiger partial charge in [-0.2, -0.15) is 0 Å². The minimum atomic E-state index is -0.392. The first-order valence-electron chi connectivity index (χ1n) is 7.08. The Balaban J connectivity index is 2.03. The molecule has 120 valence electrons. The molecule has 0 spiro atoms. The number of rotatable bonds is 5. The summed E-state index contributed by atoms with van der Waals surface area (Å²) in [5.41, 5.74) is 1.46. The van der Waals surface area contributed by atoms with E-state index >= 15 is 0 Å². The van der Waals surface area contributed by atoms with Crippen LogP contribution >= 0.6 is 0 Å². The Hall–Kier alpha value is -2.96. The Labute approximate surface area is 134 Å². The molecule has 7 nitrogen and oxygen atoms in total. The van der Waals surface area contributed by atoms with Crippen LogP contribution in [0, 0.1) is 0 Å². The molecule has 1 amide bonds. The zero-order chi connectivity index (χ0) is 16.8. The Morgan fingerprint density at radius 1 is 1.09 bits per heavy atom. The molecule has 1 aromatic carbocycles. The van der Waals surface area contributed by atoms with Gasteiger partial charge >= 0.3 is 5.97 Å². The number of methoxy groups -OCH3 is 1. The van der Waals surface area contributed by atoms with Gasteiger partial charge in [0.1, 0.15) is 11.5 Å². The molecule has 0 aliphatic carbocycles. The standard InChI is InChI=1S/C16H18N4O3/c1-10(2)19-15(21)13-8-18-14(9-17-13)20-12-6-4-11(5-7-12)16(22)23-3/h4-10H,1-3H3,(H,18,20)(H,19,21). The lowest BCUT2D eigenvalue weighted by Gasteiger charge is -2.09. The molecule has 0 aliphatic heterocycles. The number of carbonyl (C=O) groups excluding carboxylic acids is 2. The number of hydrogen-bond acceptors (Lipinski definition) is 6. The molecule has 0 aliphatic rings. The number of carbonyl (C=O) groups is 2. The second-order valence-corrected chi connectivity index (χ2v) is 5.11. The van der Waals surface area contributed by atoms with Gasteiger partial charge in [0.05, 0.1) is 25.1 Å². The normalized spacial score (nSPS) is 10.3. The van der Waals surface area contributed by atoms with Crippen molar-refractivity contribution in [1.82, 2.24) is 15.3 Å². The second kappa shape index (κ2) is 7.35. The number of hydrogen-bond donors (Lipinski definition) is 2. The van der Waals surface area contributed by atoms with Crippen molar-refractivity contribution in [3.8, 4) is 0 Å². The van der Waals surface area contributed by atoms with Crippen molar-refractivity contribution in [2.75, 3.05) is 12.4 Å². The van der Waals surface area contributed by atoms with E-state index in [2.05, 4.69) is 25.3 Å². The quantitative estimate of drug-likeness (QED) is 0.821. The number of aromatic nitrogens is 2. The van der Waals surface area contributed by atoms with Crippen LogP contribution in [0.2, 0.25) is 0 Å². The third kappa shape index (κ3) is 4.50. The predicted octanol–water partition coefficient (Wildman–Crippen LogP) is 2.14. The van der Waals surface area contributed by atoms with Crippen molar-refractivity contribution < 1.29 is 14.3 Å². The number of amides is 1. The minimum absolute atomic E-state index is 0.0374. The van der Waals surface area contributed by atoms with Gasteiger partial charge in [-0.25, -0.2) is 14.8 Å². The summed E-state index contributed by atoms with van der Waals surface area (Å²) in [6, 6.07) is 6.79. The highest BCUT2D eigenvalue weighted by Gasteiger charge is 2.09. The van der Waals surface area contributed by atoms with E-state index in [1.54, 1.807) is 24.3 Å². The van der Waals surface area contributed by atoms with E-state index in [9.17, 15) is 9.59 Å². The van der Waals surface area contributed by atoms with Gasteiger partial charge in [0.15, 0.2) is 0 Å². The van der Waals surface area contributed by atoms with Crippen molar-refractivity contribution in [3.63, 3.8) is 0 Å². The molecule has 1 heterocycles. The smallest absolute Gasteiger partial charge is 0.337 e. The largest absolute Gasteiger partial charge is 0.465 e. The number of nitrogens with zero attached hydrogens (tertiary/aromatic N) is 2. The van der Waals surface area contributed by atoms with E-state index in [1.165, 1.54) is 19.5 Å². The van der Waals surface area contributed by atoms with Crippen LogP contribution in [0.1, 0.15) is 34.7 Å². The molecule has 2 N–H and O–H groups in total. The molecule has 23 heavy (non-hydrogen) atoms. The summed E-state index contributed by atoms with van der Waals surface area (Å²) in [4.78, 5) is 31.4. The SMILES string of the molecule is COC(=O)c1ccc(Nc2cnc(C(=O)NC(C)C)cn2)cc1. The fourth-order valence-corrected chi connectivity index (χ4v) is 1.80. The number of nitrogens with one attached hydrogen (secondary N) is 2. The predicted molar refractivity (Wildman–Crippen MR) is 85.7 cm³/mol. The molecule has 0 fully saturated rings. The van der Waals surface area contributed by atoms with Crippen molar-refractivity contribution in [2.45, 2.75) is 19.9 Å². The van der Waals surface area contributed by atoms with Gasteiger partial charge in [-0.15, -0.1) is 0 Å². The number of anilines is 2. The van der Waals surface area contributed by atoms with Gasteiger partial charge in [-0.1, -0.05) is 0 Å². The maximum absolute atomic E-state index is 11.8. The summed E-state index contributed by atoms with van der Waals surface area (Å²) in [7, 11) is 1.33. The van der Waals surface area contributed by atoms with Crippen LogP contribution < -0.4 is 10.6 Å². The first-order chi connectivity index (χ1) is 11.0. The van der Waals surface area contributed by atoms with Crippen LogP contribution in [-0.2, 0) is 4.74 Å². The second-order valence-electron chi connectivity index (χ2n) is 5.11. The first-order valence-corrected chi connectivity index (χ1v) is 7.08. The Morgan fingerprint density at radius 2 is 1.78 bits per heavy atom. The topological polar surface area (TPSA) is 93.2 Å². The van der Waals surface area contributed by atoms with Crippen molar-refractivity contribution >= 4 is 23.4 Å². The molecule has 0 atom stereocenters. The van der Waals surface area contributed by atoms with Gasteiger partial charge in [-0.3, -0.25) is 4.79 Å². The molecule has 0 saturated heterocycles. The molecule has 7 heteroatoms. The molecule has 2 aromatic rings. The lowest BCUT2D eigenvalue weighted by atomic mass is 10.2. The van der Waals surface area contributed by atoms with Gasteiger partial charge in [0, 0.05) is 11.7 Å². The first kappa shape index (κ1) is 16.4. The zero-order valence-electron chi connectivity index (χ0n) is 13.2. The van der Waals surface area contributed by atoms with Crippen LogP contribution in [0.5, 0.6) is 0 Å². The Morgan fingerprint density at radius 3 is 2.30 bits per heavy atom. The lowest BCUT2D eigenvalue weighted by molar-refractivity contribution is 0.0600. The third-order valence-corrected chi connectivity index (χ3v) is 2.88. The average molecular weight is 314 g/mol. The van der Waals surface area contributed by atoms with E-state index in [1.807, 2.05) is 13.8 Å². The van der Waals surface area contributed by atoms with Gasteiger partial charge < -0.3 is 15.4 Å². The summed E-state index contributed by atoms with van der Waals surface area (Å²) < 4.78 is 4.64. The molecule has 0 bridgehead atoms. The van der Waals surface area contributed by atoms with Crippen LogP contribution in [0.15, 0.2) is 36.7 Å². The molecular weight excluding hydrogens is 296 g/mol. The Kier molecular flexibility index (Phi) is 5.24. The molecule has 0 unspecified atom stereocenters. The molecule has 2 rings (SSSR count). The van der Waals surface area contributed by atoms with Gasteiger partial charge in [0.25, 0.3) is 5.91 Å². The maximum atomic E-state index is 11.8. The fraction of sp³-hybridized carbons (Fsp3) is 0.250. The molecule has 0 radical (unpaired) electrons. The van der Waals surface area contributed by atoms with Crippen molar-refractivity contribution in [1.29, 1.82) is 0 Å². The molecular formula is C16H18N4O3. The average Bonchev–Trinajstić information content (AvgIpc) is 2.55. The lowest BCUT2D eigenvalue weighted by Crippen LogP contribution is -2.30. The molecule has 0 saturated carbocycles. The number of benzene rings is 1. The highest BCUT2D eigenvalue weighted by Crippen LogP contribution is 2.15. The zero-order valence-corrected chi connectivity index (χ0v) is 13.2. The highest BCUT2D eigenvalue weighted by atomic mass is 16.5. The highest BCUT2D eigenvalue weighted by molar-refractivity contribution is 5.92. The maximum Gasteiger partial charge on any atom is 0.337 e. The summed E-state index contributed by atoms with van der Waals surface area (Å²) >= 11 is 0. The minimum Gasteiger partial charge on any atom is -0.465 e. The van der Waals surface area contributed by atoms with Crippen molar-refractivity contribution in [3.05, 3.63) is 47.9 Å². The van der Waals surface area contributed by atoms with Gasteiger partial charge in [0.2, 0.25) is 0 Å². The van der Waals surface area contributed by atoms with Gasteiger partial charge in [-0.05, 0) is 38.1 Å². The number of esters is 1. The monoisotopic (exact) mass is 314 g/mol. The van der Waals surface area contributed by atoms with E-state index in [0.29, 0.717) is 11.4 Å². The summed E-state index contributed by atoms with van der Waals surface area (Å²) in [6.45, 7) is 3.75. The van der Waals surface area contributed by atoms with E-state index in [4.69, 9.17) is 0 Å². The third-order valence-electron chi connectivity index (χ3n) is 2.88. The summed E-state index contributed by atoms with van der Waals surface area (Å²) in [5.74, 6) is -0.157. The van der Waals surface area contributed by atoms with E-state index < -0.39 is 5.97 Å². The van der Waals surface area contributed by atoms with Crippen LogP contribution in [0.25, 0.3) is 0 Å². The molecule has 1 aromatic heterocycles. The van der Waals surface area contributed by atoms with E-state index in [0.717, 1.165) is 5.69 Å². The van der Waals surface area contributed by atoms with Crippen LogP contribution in [0.3, 0.4) is 0 Å². The van der Waals surface area contributed by atoms with E-state index in [-0.39, 0.29) is 17.6 Å². The van der Waals surface area contributed by atoms with Crippen LogP contribution in [0.4, 0.5) is 11.5 Å². The number of ether oxygens (including phenoxy) is 1. The van der Waals surface area contributed by atoms with Crippen LogP contribution in [-0.4, -0.2) is 35.0 Å². The van der Waals surface area contributed by atoms with Crippen molar-refractivity contribution in [2.24, 2.45) is 0 Å². The Bertz CT molecular complexity index is 681. The summed E-state index contributed by atoms with van der Waals surface area (Å²) in [6.07, 6.45) is 2.88. The fourth-order valence-electron chi connectivity index (χ4n) is 1.80. The summed E-state index contributed by atoms with van der Waals surface area (Å²) in [5, 5.41) is 5.78.